The number of halogens is 1. The van der Waals surface area contributed by atoms with E-state index in [0.717, 1.165) is 6.42 Å². The van der Waals surface area contributed by atoms with E-state index in [4.69, 9.17) is 16.3 Å². The fourth-order valence-electron chi connectivity index (χ4n) is 2.53. The van der Waals surface area contributed by atoms with Crippen molar-refractivity contribution in [1.82, 2.24) is 10.3 Å². The molecule has 1 fully saturated rings. The fourth-order valence-corrected chi connectivity index (χ4v) is 2.74. The summed E-state index contributed by atoms with van der Waals surface area (Å²) in [4.78, 5) is 16.3. The van der Waals surface area contributed by atoms with Crippen molar-refractivity contribution in [3.05, 3.63) is 22.8 Å². The molecule has 1 amide bonds. The number of hydrogen-bond donors (Lipinski definition) is 2. The van der Waals surface area contributed by atoms with Crippen molar-refractivity contribution in [2.75, 3.05) is 19.5 Å². The Kier molecular flexibility index (Phi) is 4.20. The molecular formula is C14H20ClN3O2. The highest BCUT2D eigenvalue weighted by atomic mass is 35.5. The number of carbonyl (C=O) groups is 1. The second-order valence-corrected chi connectivity index (χ2v) is 6.01. The summed E-state index contributed by atoms with van der Waals surface area (Å²) in [6.45, 7) is 4.18. The number of methoxy groups -OCH3 is 1. The average molecular weight is 298 g/mol. The minimum Gasteiger partial charge on any atom is -0.381 e. The second kappa shape index (κ2) is 5.58. The van der Waals surface area contributed by atoms with Gasteiger partial charge in [0.2, 0.25) is 0 Å². The minimum absolute atomic E-state index is 0.0624. The molecule has 0 saturated heterocycles. The molecule has 1 saturated carbocycles. The van der Waals surface area contributed by atoms with Crippen LogP contribution >= 0.6 is 11.6 Å². The monoisotopic (exact) mass is 297 g/mol. The van der Waals surface area contributed by atoms with Crippen LogP contribution in [0.3, 0.4) is 0 Å². The highest BCUT2D eigenvalue weighted by molar-refractivity contribution is 6.29. The summed E-state index contributed by atoms with van der Waals surface area (Å²) >= 11 is 5.91. The molecule has 1 aromatic rings. The van der Waals surface area contributed by atoms with Gasteiger partial charge in [-0.25, -0.2) is 4.98 Å². The van der Waals surface area contributed by atoms with Gasteiger partial charge in [-0.1, -0.05) is 25.4 Å². The lowest BCUT2D eigenvalue weighted by atomic mass is 9.64. The van der Waals surface area contributed by atoms with E-state index in [2.05, 4.69) is 29.5 Å². The number of pyridine rings is 1. The number of amides is 1. The van der Waals surface area contributed by atoms with Crippen LogP contribution < -0.4 is 10.6 Å². The van der Waals surface area contributed by atoms with Crippen LogP contribution in [0.1, 0.15) is 30.6 Å². The normalized spacial score (nSPS) is 23.9. The first-order valence-electron chi connectivity index (χ1n) is 6.57. The zero-order chi connectivity index (χ0) is 14.9. The fraction of sp³-hybridized carbons (Fsp3) is 0.571. The molecule has 5 nitrogen and oxygen atoms in total. The van der Waals surface area contributed by atoms with Gasteiger partial charge in [0.25, 0.3) is 5.91 Å². The molecule has 2 N–H and O–H groups in total. The van der Waals surface area contributed by atoms with Crippen molar-refractivity contribution >= 4 is 23.3 Å². The van der Waals surface area contributed by atoms with Crippen LogP contribution in [-0.2, 0) is 4.74 Å². The summed E-state index contributed by atoms with van der Waals surface area (Å²) < 4.78 is 5.38. The van der Waals surface area contributed by atoms with Crippen LogP contribution in [0, 0.1) is 5.41 Å². The quantitative estimate of drug-likeness (QED) is 0.837. The predicted octanol–water partition coefficient (Wildman–Crippen LogP) is 2.32. The van der Waals surface area contributed by atoms with Crippen LogP contribution in [0.4, 0.5) is 5.82 Å². The van der Waals surface area contributed by atoms with Crippen LogP contribution in [0.2, 0.25) is 5.15 Å². The van der Waals surface area contributed by atoms with Gasteiger partial charge in [0.05, 0.1) is 6.10 Å². The van der Waals surface area contributed by atoms with E-state index in [9.17, 15) is 4.79 Å². The molecule has 2 unspecified atom stereocenters. The smallest absolute Gasteiger partial charge is 0.251 e. The number of rotatable bonds is 4. The predicted molar refractivity (Wildman–Crippen MR) is 79.2 cm³/mol. The van der Waals surface area contributed by atoms with E-state index in [0.29, 0.717) is 16.5 Å². The molecule has 1 aromatic heterocycles. The molecule has 110 valence electrons. The van der Waals surface area contributed by atoms with Crippen molar-refractivity contribution in [2.45, 2.75) is 32.4 Å². The molecule has 0 aliphatic heterocycles. The van der Waals surface area contributed by atoms with Crippen molar-refractivity contribution < 1.29 is 9.53 Å². The first-order valence-corrected chi connectivity index (χ1v) is 6.95. The molecule has 1 aliphatic rings. The lowest BCUT2D eigenvalue weighted by Gasteiger charge is -2.51. The molecule has 6 heteroatoms. The lowest BCUT2D eigenvalue weighted by Crippen LogP contribution is -2.61. The Morgan fingerprint density at radius 1 is 1.50 bits per heavy atom. The maximum absolute atomic E-state index is 12.3. The molecule has 1 aliphatic carbocycles. The third-order valence-corrected chi connectivity index (χ3v) is 4.27. The molecule has 2 rings (SSSR count). The van der Waals surface area contributed by atoms with Gasteiger partial charge >= 0.3 is 0 Å². The standard InChI is InChI=1S/C14H20ClN3O2/c1-14(2)9(7-10(14)20-4)17-13(19)8-5-11(15)18-12(6-8)16-3/h5-6,9-10H,7H2,1-4H3,(H,16,18)(H,17,19). The molecule has 0 spiro atoms. The molecule has 0 aromatic carbocycles. The zero-order valence-electron chi connectivity index (χ0n) is 12.2. The van der Waals surface area contributed by atoms with E-state index in [1.54, 1.807) is 26.3 Å². The largest absolute Gasteiger partial charge is 0.381 e. The first-order chi connectivity index (χ1) is 9.38. The Hall–Kier alpha value is -1.33. The van der Waals surface area contributed by atoms with E-state index >= 15 is 0 Å². The Balaban J connectivity index is 2.08. The van der Waals surface area contributed by atoms with Gasteiger partial charge in [0.15, 0.2) is 0 Å². The van der Waals surface area contributed by atoms with Gasteiger partial charge < -0.3 is 15.4 Å². The van der Waals surface area contributed by atoms with Crippen LogP contribution in [-0.4, -0.2) is 37.2 Å². The summed E-state index contributed by atoms with van der Waals surface area (Å²) in [7, 11) is 3.44. The van der Waals surface area contributed by atoms with Crippen LogP contribution in [0.5, 0.6) is 0 Å². The van der Waals surface area contributed by atoms with Gasteiger partial charge in [-0.15, -0.1) is 0 Å². The summed E-state index contributed by atoms with van der Waals surface area (Å²) in [6, 6.07) is 3.35. The van der Waals surface area contributed by atoms with E-state index in [-0.39, 0.29) is 23.5 Å². The molecule has 2 atom stereocenters. The van der Waals surface area contributed by atoms with Gasteiger partial charge in [0, 0.05) is 31.2 Å². The Labute approximate surface area is 124 Å². The van der Waals surface area contributed by atoms with Crippen LogP contribution in [0.25, 0.3) is 0 Å². The number of aromatic nitrogens is 1. The number of carbonyl (C=O) groups excluding carboxylic acids is 1. The van der Waals surface area contributed by atoms with Crippen molar-refractivity contribution in [2.24, 2.45) is 5.41 Å². The summed E-state index contributed by atoms with van der Waals surface area (Å²) in [5.41, 5.74) is 0.443. The first kappa shape index (κ1) is 15.1. The van der Waals surface area contributed by atoms with Crippen LogP contribution in [0.15, 0.2) is 12.1 Å². The summed E-state index contributed by atoms with van der Waals surface area (Å²) in [6.07, 6.45) is 1.01. The number of ether oxygens (including phenoxy) is 1. The van der Waals surface area contributed by atoms with E-state index < -0.39 is 0 Å². The van der Waals surface area contributed by atoms with Gasteiger partial charge in [-0.2, -0.15) is 0 Å². The molecular weight excluding hydrogens is 278 g/mol. The van der Waals surface area contributed by atoms with Crippen molar-refractivity contribution in [1.29, 1.82) is 0 Å². The maximum Gasteiger partial charge on any atom is 0.251 e. The highest BCUT2D eigenvalue weighted by Gasteiger charge is 2.49. The van der Waals surface area contributed by atoms with E-state index in [1.165, 1.54) is 0 Å². The third kappa shape index (κ3) is 2.74. The third-order valence-electron chi connectivity index (χ3n) is 4.08. The number of hydrogen-bond acceptors (Lipinski definition) is 4. The topological polar surface area (TPSA) is 63.2 Å². The Bertz CT molecular complexity index is 519. The second-order valence-electron chi connectivity index (χ2n) is 5.62. The summed E-state index contributed by atoms with van der Waals surface area (Å²) in [5, 5.41) is 6.21. The molecule has 1 heterocycles. The molecule has 0 bridgehead atoms. The van der Waals surface area contributed by atoms with E-state index in [1.807, 2.05) is 0 Å². The Morgan fingerprint density at radius 3 is 2.75 bits per heavy atom. The number of nitrogens with one attached hydrogen (secondary N) is 2. The molecule has 20 heavy (non-hydrogen) atoms. The minimum atomic E-state index is -0.140. The SMILES string of the molecule is CNc1cc(C(=O)NC2CC(OC)C2(C)C)cc(Cl)n1. The summed E-state index contributed by atoms with van der Waals surface area (Å²) in [5.74, 6) is 0.434. The highest BCUT2D eigenvalue weighted by Crippen LogP contribution is 2.42. The average Bonchev–Trinajstić information content (AvgIpc) is 2.41. The van der Waals surface area contributed by atoms with Crippen molar-refractivity contribution in [3.8, 4) is 0 Å². The van der Waals surface area contributed by atoms with Gasteiger partial charge in [0.1, 0.15) is 11.0 Å². The van der Waals surface area contributed by atoms with Crippen molar-refractivity contribution in [3.63, 3.8) is 0 Å². The lowest BCUT2D eigenvalue weighted by molar-refractivity contribution is -0.0942. The number of nitrogens with zero attached hydrogens (tertiary/aromatic N) is 1. The van der Waals surface area contributed by atoms with Gasteiger partial charge in [-0.3, -0.25) is 4.79 Å². The Morgan fingerprint density at radius 2 is 2.20 bits per heavy atom. The zero-order valence-corrected chi connectivity index (χ0v) is 12.9. The molecule has 0 radical (unpaired) electrons. The van der Waals surface area contributed by atoms with Gasteiger partial charge in [-0.05, 0) is 18.6 Å². The maximum atomic E-state index is 12.3. The number of anilines is 1.